The van der Waals surface area contributed by atoms with Crippen LogP contribution in [0.15, 0.2) is 23.1 Å². The van der Waals surface area contributed by atoms with Crippen molar-refractivity contribution in [2.75, 3.05) is 17.6 Å². The van der Waals surface area contributed by atoms with E-state index in [4.69, 9.17) is 5.73 Å². The molecule has 1 saturated carbocycles. The molecule has 3 heterocycles. The van der Waals surface area contributed by atoms with E-state index in [9.17, 15) is 22.8 Å². The number of hydrogen-bond acceptors (Lipinski definition) is 6. The van der Waals surface area contributed by atoms with Gasteiger partial charge in [-0.2, -0.15) is 13.2 Å². The quantitative estimate of drug-likeness (QED) is 0.460. The molecule has 4 N–H and O–H groups in total. The van der Waals surface area contributed by atoms with Crippen LogP contribution in [0.3, 0.4) is 0 Å². The van der Waals surface area contributed by atoms with Crippen LogP contribution in [0.1, 0.15) is 61.5 Å². The molecule has 8 nitrogen and oxygen atoms in total. The molecule has 1 amide bonds. The second kappa shape index (κ2) is 12.8. The van der Waals surface area contributed by atoms with Crippen LogP contribution in [0.25, 0.3) is 0 Å². The fourth-order valence-electron chi connectivity index (χ4n) is 5.20. The predicted molar refractivity (Wildman–Crippen MR) is 140 cm³/mol. The molecule has 206 valence electrons. The molecular weight excluding hydrogens is 532 g/mol. The van der Waals surface area contributed by atoms with Crippen molar-refractivity contribution in [1.82, 2.24) is 19.9 Å². The van der Waals surface area contributed by atoms with Gasteiger partial charge in [-0.1, -0.05) is 25.3 Å². The topological polar surface area (TPSA) is 115 Å². The molecule has 37 heavy (non-hydrogen) atoms. The summed E-state index contributed by atoms with van der Waals surface area (Å²) in [6.45, 7) is 1.61. The van der Waals surface area contributed by atoms with Crippen molar-refractivity contribution in [3.8, 4) is 0 Å². The van der Waals surface area contributed by atoms with E-state index in [2.05, 4.69) is 20.6 Å². The number of nitrogens with one attached hydrogen (secondary N) is 2. The first-order valence-corrected chi connectivity index (χ1v) is 12.1. The number of hydrogen-bond donors (Lipinski definition) is 3. The van der Waals surface area contributed by atoms with E-state index in [0.29, 0.717) is 42.9 Å². The summed E-state index contributed by atoms with van der Waals surface area (Å²) in [6.07, 6.45) is 1.61. The summed E-state index contributed by atoms with van der Waals surface area (Å²) in [5.74, 6) is -2.11. The monoisotopic (exact) mass is 564 g/mol. The Labute approximate surface area is 225 Å². The first-order valence-electron chi connectivity index (χ1n) is 12.1. The molecular formula is C24H33Cl2F3N6O2. The summed E-state index contributed by atoms with van der Waals surface area (Å²) in [6, 6.07) is 2.68. The highest BCUT2D eigenvalue weighted by Gasteiger charge is 2.44. The number of nitrogen functional groups attached to an aromatic ring is 1. The van der Waals surface area contributed by atoms with Gasteiger partial charge in [0.25, 0.3) is 5.56 Å². The second-order valence-electron chi connectivity index (χ2n) is 9.45. The molecule has 1 fully saturated rings. The normalized spacial score (nSPS) is 18.2. The lowest BCUT2D eigenvalue weighted by Crippen LogP contribution is -2.39. The molecule has 0 bridgehead atoms. The van der Waals surface area contributed by atoms with Gasteiger partial charge in [0, 0.05) is 30.7 Å². The highest BCUT2D eigenvalue weighted by molar-refractivity contribution is 5.85. The minimum Gasteiger partial charge on any atom is -0.384 e. The SMILES string of the molecule is Cc1nc(N)ccc1CNC(=O)[C@@H]1CCc2cnc(NC[C@@H](C3CCCCC3)C(F)(F)F)c(=O)n21.Cl.Cl. The second-order valence-corrected chi connectivity index (χ2v) is 9.45. The van der Waals surface area contributed by atoms with Crippen LogP contribution in [0.5, 0.6) is 0 Å². The minimum atomic E-state index is -4.36. The summed E-state index contributed by atoms with van der Waals surface area (Å²) in [4.78, 5) is 34.3. The van der Waals surface area contributed by atoms with Crippen molar-refractivity contribution in [2.45, 2.75) is 70.6 Å². The molecule has 0 radical (unpaired) electrons. The van der Waals surface area contributed by atoms with E-state index in [1.807, 2.05) is 0 Å². The van der Waals surface area contributed by atoms with E-state index in [1.54, 1.807) is 19.1 Å². The van der Waals surface area contributed by atoms with Gasteiger partial charge in [-0.3, -0.25) is 14.2 Å². The number of aryl methyl sites for hydroxylation is 2. The Morgan fingerprint density at radius 2 is 1.89 bits per heavy atom. The van der Waals surface area contributed by atoms with Gasteiger partial charge in [0.1, 0.15) is 11.9 Å². The Balaban J connectivity index is 0.00000241. The first kappa shape index (κ1) is 30.7. The fourth-order valence-corrected chi connectivity index (χ4v) is 5.20. The largest absolute Gasteiger partial charge is 0.393 e. The third-order valence-corrected chi connectivity index (χ3v) is 7.16. The summed E-state index contributed by atoms with van der Waals surface area (Å²) in [5.41, 5.74) is 7.18. The van der Waals surface area contributed by atoms with Gasteiger partial charge in [0.05, 0.1) is 5.92 Å². The van der Waals surface area contributed by atoms with Crippen LogP contribution in [-0.2, 0) is 17.8 Å². The number of aromatic nitrogens is 3. The molecule has 2 aliphatic rings. The number of rotatable bonds is 7. The predicted octanol–water partition coefficient (Wildman–Crippen LogP) is 4.35. The number of alkyl halides is 3. The van der Waals surface area contributed by atoms with Gasteiger partial charge in [-0.15, -0.1) is 24.8 Å². The van der Waals surface area contributed by atoms with E-state index in [-0.39, 0.29) is 43.1 Å². The number of carbonyl (C=O) groups is 1. The van der Waals surface area contributed by atoms with Gasteiger partial charge >= 0.3 is 6.18 Å². The third-order valence-electron chi connectivity index (χ3n) is 7.16. The van der Waals surface area contributed by atoms with Crippen molar-refractivity contribution in [3.05, 3.63) is 45.6 Å². The number of halogens is 5. The summed E-state index contributed by atoms with van der Waals surface area (Å²) in [7, 11) is 0. The standard InChI is InChI=1S/C24H31F3N6O2.2ClH/c1-14-16(7-10-20(28)32-14)11-31-22(34)19-9-8-17-12-29-21(23(35)33(17)19)30-13-18(24(25,26)27)15-5-3-2-4-6-15;;/h7,10,12,15,18-19H,2-6,8-9,11,13H2,1H3,(H2,28,32)(H,29,30)(H,31,34);2*1H/t18-,19-;;/m0../s1. The molecule has 0 spiro atoms. The number of nitrogens with two attached hydrogens (primary N) is 1. The average molecular weight is 565 g/mol. The van der Waals surface area contributed by atoms with Gasteiger partial charge in [0.2, 0.25) is 5.91 Å². The molecule has 1 aliphatic heterocycles. The zero-order valence-electron chi connectivity index (χ0n) is 20.5. The van der Waals surface area contributed by atoms with Crippen LogP contribution in [-0.4, -0.2) is 33.2 Å². The van der Waals surface area contributed by atoms with Crippen LogP contribution in [0.2, 0.25) is 0 Å². The van der Waals surface area contributed by atoms with Crippen molar-refractivity contribution in [2.24, 2.45) is 11.8 Å². The highest BCUT2D eigenvalue weighted by atomic mass is 35.5. The smallest absolute Gasteiger partial charge is 0.384 e. The molecule has 0 unspecified atom stereocenters. The summed E-state index contributed by atoms with van der Waals surface area (Å²) < 4.78 is 42.6. The highest BCUT2D eigenvalue weighted by Crippen LogP contribution is 2.39. The molecule has 2 atom stereocenters. The van der Waals surface area contributed by atoms with Crippen molar-refractivity contribution in [1.29, 1.82) is 0 Å². The summed E-state index contributed by atoms with van der Waals surface area (Å²) in [5, 5.41) is 5.49. The number of anilines is 2. The van der Waals surface area contributed by atoms with Crippen LogP contribution in [0.4, 0.5) is 24.8 Å². The van der Waals surface area contributed by atoms with Gasteiger partial charge in [-0.25, -0.2) is 9.97 Å². The lowest BCUT2D eigenvalue weighted by molar-refractivity contribution is -0.187. The van der Waals surface area contributed by atoms with Crippen LogP contribution >= 0.6 is 24.8 Å². The van der Waals surface area contributed by atoms with Gasteiger partial charge in [0.15, 0.2) is 5.82 Å². The van der Waals surface area contributed by atoms with Crippen molar-refractivity contribution >= 4 is 42.4 Å². The molecule has 2 aromatic heterocycles. The van der Waals surface area contributed by atoms with Crippen molar-refractivity contribution in [3.63, 3.8) is 0 Å². The Morgan fingerprint density at radius 3 is 2.54 bits per heavy atom. The molecule has 13 heteroatoms. The minimum absolute atomic E-state index is 0. The average Bonchev–Trinajstić information content (AvgIpc) is 3.25. The third kappa shape index (κ3) is 7.07. The van der Waals surface area contributed by atoms with E-state index < -0.39 is 36.2 Å². The number of fused-ring (bicyclic) bond motifs is 1. The van der Waals surface area contributed by atoms with Crippen LogP contribution in [0, 0.1) is 18.8 Å². The molecule has 4 rings (SSSR count). The maximum absolute atomic E-state index is 13.8. The Kier molecular flexibility index (Phi) is 10.6. The van der Waals surface area contributed by atoms with Gasteiger partial charge < -0.3 is 16.4 Å². The zero-order chi connectivity index (χ0) is 25.2. The lowest BCUT2D eigenvalue weighted by Gasteiger charge is -2.32. The Bertz CT molecular complexity index is 1140. The zero-order valence-corrected chi connectivity index (χ0v) is 22.1. The van der Waals surface area contributed by atoms with Crippen LogP contribution < -0.4 is 21.9 Å². The lowest BCUT2D eigenvalue weighted by atomic mass is 9.79. The number of nitrogens with zero attached hydrogens (tertiary/aromatic N) is 3. The number of carbonyl (C=O) groups excluding carboxylic acids is 1. The molecule has 2 aromatic rings. The van der Waals surface area contributed by atoms with Gasteiger partial charge in [-0.05, 0) is 50.2 Å². The van der Waals surface area contributed by atoms with E-state index in [1.165, 1.54) is 10.8 Å². The van der Waals surface area contributed by atoms with E-state index >= 15 is 0 Å². The number of pyridine rings is 1. The van der Waals surface area contributed by atoms with E-state index in [0.717, 1.165) is 24.8 Å². The maximum Gasteiger partial charge on any atom is 0.393 e. The summed E-state index contributed by atoms with van der Waals surface area (Å²) >= 11 is 0. The fraction of sp³-hybridized carbons (Fsp3) is 0.583. The Morgan fingerprint density at radius 1 is 1.19 bits per heavy atom. The first-order chi connectivity index (χ1) is 16.6. The number of amides is 1. The maximum atomic E-state index is 13.8. The van der Waals surface area contributed by atoms with Crippen molar-refractivity contribution < 1.29 is 18.0 Å². The molecule has 0 aromatic carbocycles. The molecule has 1 aliphatic carbocycles. The molecule has 0 saturated heterocycles. The Hall–Kier alpha value is -2.53.